The molecule has 0 spiro atoms. The molecule has 29 heavy (non-hydrogen) atoms. The standard InChI is InChI=1S/C22H30N4O2S/c1-18-6-9-20(10-7-18)29(27,28)26-12-4-3-5-21(26)19-8-11-22(23-17-19)25-15-13-24(2)14-16-25/h6-11,17,21H,3-5,12-16H2,1-2H3/t21-/m0/s1. The molecule has 0 amide bonds. The van der Waals surface area contributed by atoms with E-state index in [9.17, 15) is 8.42 Å². The van der Waals surface area contributed by atoms with Crippen LogP contribution in [0.2, 0.25) is 0 Å². The Labute approximate surface area is 174 Å². The number of likely N-dealkylation sites (N-methyl/N-ethyl adjacent to an activating group) is 1. The summed E-state index contributed by atoms with van der Waals surface area (Å²) in [6.07, 6.45) is 4.64. The molecule has 0 bridgehead atoms. The highest BCUT2D eigenvalue weighted by Crippen LogP contribution is 2.35. The molecule has 0 radical (unpaired) electrons. The highest BCUT2D eigenvalue weighted by molar-refractivity contribution is 7.89. The van der Waals surface area contributed by atoms with Gasteiger partial charge in [0, 0.05) is 38.9 Å². The molecule has 2 aliphatic rings. The van der Waals surface area contributed by atoms with Crippen molar-refractivity contribution in [2.75, 3.05) is 44.7 Å². The highest BCUT2D eigenvalue weighted by Gasteiger charge is 2.34. The molecule has 2 aliphatic heterocycles. The fourth-order valence-corrected chi connectivity index (χ4v) is 5.87. The van der Waals surface area contributed by atoms with Gasteiger partial charge in [-0.05, 0) is 50.6 Å². The minimum atomic E-state index is -3.52. The van der Waals surface area contributed by atoms with E-state index in [0.29, 0.717) is 11.4 Å². The lowest BCUT2D eigenvalue weighted by Crippen LogP contribution is -2.44. The monoisotopic (exact) mass is 414 g/mol. The minimum Gasteiger partial charge on any atom is -0.354 e. The third kappa shape index (κ3) is 4.32. The summed E-state index contributed by atoms with van der Waals surface area (Å²) in [5, 5.41) is 0. The molecule has 2 aromatic rings. The van der Waals surface area contributed by atoms with E-state index in [1.807, 2.05) is 31.3 Å². The van der Waals surface area contributed by atoms with Crippen molar-refractivity contribution in [3.8, 4) is 0 Å². The maximum atomic E-state index is 13.3. The SMILES string of the molecule is Cc1ccc(S(=O)(=O)N2CCCC[C@H]2c2ccc(N3CCN(C)CC3)nc2)cc1. The molecule has 4 rings (SSSR count). The maximum Gasteiger partial charge on any atom is 0.243 e. The summed E-state index contributed by atoms with van der Waals surface area (Å²) in [6, 6.07) is 11.1. The van der Waals surface area contributed by atoms with Gasteiger partial charge in [-0.15, -0.1) is 0 Å². The van der Waals surface area contributed by atoms with Crippen molar-refractivity contribution >= 4 is 15.8 Å². The summed E-state index contributed by atoms with van der Waals surface area (Å²) in [4.78, 5) is 9.68. The molecule has 3 heterocycles. The van der Waals surface area contributed by atoms with Crippen LogP contribution in [0.15, 0.2) is 47.5 Å². The van der Waals surface area contributed by atoms with Gasteiger partial charge in [0.2, 0.25) is 10.0 Å². The maximum absolute atomic E-state index is 13.3. The number of piperidine rings is 1. The summed E-state index contributed by atoms with van der Waals surface area (Å²) in [7, 11) is -1.38. The van der Waals surface area contributed by atoms with Crippen molar-refractivity contribution in [2.45, 2.75) is 37.1 Å². The number of benzene rings is 1. The predicted octanol–water partition coefficient (Wildman–Crippen LogP) is 3.06. The lowest BCUT2D eigenvalue weighted by molar-refractivity contribution is 0.255. The summed E-state index contributed by atoms with van der Waals surface area (Å²) in [5.74, 6) is 0.977. The number of nitrogens with zero attached hydrogens (tertiary/aromatic N) is 4. The summed E-state index contributed by atoms with van der Waals surface area (Å²) < 4.78 is 28.3. The van der Waals surface area contributed by atoms with Crippen LogP contribution in [0.4, 0.5) is 5.82 Å². The molecule has 7 heteroatoms. The summed E-state index contributed by atoms with van der Waals surface area (Å²) >= 11 is 0. The van der Waals surface area contributed by atoms with Gasteiger partial charge in [-0.25, -0.2) is 13.4 Å². The van der Waals surface area contributed by atoms with Crippen LogP contribution in [0.3, 0.4) is 0 Å². The van der Waals surface area contributed by atoms with Crippen LogP contribution in [0, 0.1) is 6.92 Å². The number of anilines is 1. The van der Waals surface area contributed by atoms with Crippen LogP contribution in [0.25, 0.3) is 0 Å². The predicted molar refractivity (Wildman–Crippen MR) is 116 cm³/mol. The van der Waals surface area contributed by atoms with Crippen LogP contribution in [0.5, 0.6) is 0 Å². The van der Waals surface area contributed by atoms with Gasteiger partial charge in [-0.1, -0.05) is 30.2 Å². The van der Waals surface area contributed by atoms with Gasteiger partial charge >= 0.3 is 0 Å². The van der Waals surface area contributed by atoms with E-state index < -0.39 is 10.0 Å². The second-order valence-electron chi connectivity index (χ2n) is 8.18. The van der Waals surface area contributed by atoms with Gasteiger partial charge in [0.15, 0.2) is 0 Å². The van der Waals surface area contributed by atoms with Gasteiger partial charge in [0.05, 0.1) is 10.9 Å². The second-order valence-corrected chi connectivity index (χ2v) is 10.1. The number of hydrogen-bond acceptors (Lipinski definition) is 5. The molecule has 1 atom stereocenters. The third-order valence-electron chi connectivity index (χ3n) is 6.06. The zero-order valence-electron chi connectivity index (χ0n) is 17.3. The van der Waals surface area contributed by atoms with E-state index in [-0.39, 0.29) is 6.04 Å². The van der Waals surface area contributed by atoms with E-state index in [1.54, 1.807) is 16.4 Å². The first-order chi connectivity index (χ1) is 13.9. The molecule has 6 nitrogen and oxygen atoms in total. The minimum absolute atomic E-state index is 0.149. The van der Waals surface area contributed by atoms with Crippen molar-refractivity contribution in [3.63, 3.8) is 0 Å². The van der Waals surface area contributed by atoms with Gasteiger partial charge in [0.1, 0.15) is 5.82 Å². The first-order valence-corrected chi connectivity index (χ1v) is 11.9. The first kappa shape index (κ1) is 20.3. The number of aromatic nitrogens is 1. The Balaban J connectivity index is 1.56. The van der Waals surface area contributed by atoms with Gasteiger partial charge in [-0.2, -0.15) is 4.31 Å². The molecule has 0 unspecified atom stereocenters. The second kappa shape index (κ2) is 8.42. The molecule has 0 saturated carbocycles. The largest absolute Gasteiger partial charge is 0.354 e. The molecule has 1 aromatic heterocycles. The van der Waals surface area contributed by atoms with E-state index in [4.69, 9.17) is 0 Å². The number of pyridine rings is 1. The van der Waals surface area contributed by atoms with Gasteiger partial charge in [0.25, 0.3) is 0 Å². The van der Waals surface area contributed by atoms with Crippen molar-refractivity contribution in [1.29, 1.82) is 0 Å². The lowest BCUT2D eigenvalue weighted by atomic mass is 9.99. The number of rotatable bonds is 4. The number of piperazine rings is 1. The molecule has 0 N–H and O–H groups in total. The number of aryl methyl sites for hydroxylation is 1. The van der Waals surface area contributed by atoms with Crippen LogP contribution < -0.4 is 4.90 Å². The van der Waals surface area contributed by atoms with E-state index >= 15 is 0 Å². The third-order valence-corrected chi connectivity index (χ3v) is 7.99. The first-order valence-electron chi connectivity index (χ1n) is 10.4. The smallest absolute Gasteiger partial charge is 0.243 e. The van der Waals surface area contributed by atoms with Crippen LogP contribution in [0.1, 0.15) is 36.4 Å². The normalized spacial score (nSPS) is 22.0. The zero-order chi connectivity index (χ0) is 20.4. The molecule has 2 saturated heterocycles. The van der Waals surface area contributed by atoms with Crippen molar-refractivity contribution < 1.29 is 8.42 Å². The average Bonchev–Trinajstić information content (AvgIpc) is 2.75. The Morgan fingerprint density at radius 2 is 1.66 bits per heavy atom. The molecule has 0 aliphatic carbocycles. The van der Waals surface area contributed by atoms with Crippen molar-refractivity contribution in [2.24, 2.45) is 0 Å². The average molecular weight is 415 g/mol. The zero-order valence-corrected chi connectivity index (χ0v) is 18.1. The molecular formula is C22H30N4O2S. The Bertz CT molecular complexity index is 920. The fourth-order valence-electron chi connectivity index (χ4n) is 4.19. The van der Waals surface area contributed by atoms with E-state index in [1.165, 1.54) is 0 Å². The Morgan fingerprint density at radius 3 is 2.31 bits per heavy atom. The van der Waals surface area contributed by atoms with Gasteiger partial charge < -0.3 is 9.80 Å². The van der Waals surface area contributed by atoms with Crippen molar-refractivity contribution in [3.05, 3.63) is 53.7 Å². The van der Waals surface area contributed by atoms with E-state index in [2.05, 4.69) is 27.9 Å². The fraction of sp³-hybridized carbons (Fsp3) is 0.500. The Hall–Kier alpha value is -1.96. The van der Waals surface area contributed by atoms with Crippen LogP contribution in [-0.2, 0) is 10.0 Å². The molecule has 1 aromatic carbocycles. The van der Waals surface area contributed by atoms with Crippen LogP contribution >= 0.6 is 0 Å². The lowest BCUT2D eigenvalue weighted by Gasteiger charge is -2.35. The quantitative estimate of drug-likeness (QED) is 0.770. The number of sulfonamides is 1. The molecule has 2 fully saturated rings. The van der Waals surface area contributed by atoms with Gasteiger partial charge in [-0.3, -0.25) is 0 Å². The Morgan fingerprint density at radius 1 is 0.931 bits per heavy atom. The summed E-state index contributed by atoms with van der Waals surface area (Å²) in [5.41, 5.74) is 2.04. The van der Waals surface area contributed by atoms with E-state index in [0.717, 1.165) is 62.4 Å². The highest BCUT2D eigenvalue weighted by atomic mass is 32.2. The van der Waals surface area contributed by atoms with Crippen LogP contribution in [-0.4, -0.2) is 62.4 Å². The topological polar surface area (TPSA) is 56.8 Å². The molecule has 156 valence electrons. The Kier molecular flexibility index (Phi) is 5.90. The summed E-state index contributed by atoms with van der Waals surface area (Å²) in [6.45, 7) is 6.54. The number of hydrogen-bond donors (Lipinski definition) is 0. The molecular weight excluding hydrogens is 384 g/mol. The van der Waals surface area contributed by atoms with Crippen molar-refractivity contribution in [1.82, 2.24) is 14.2 Å².